The van der Waals surface area contributed by atoms with Crippen molar-refractivity contribution in [1.29, 1.82) is 0 Å². The lowest BCUT2D eigenvalue weighted by molar-refractivity contribution is -0.118. The minimum atomic E-state index is 0.515. The van der Waals surface area contributed by atoms with Crippen LogP contribution in [-0.4, -0.2) is 18.0 Å². The number of epoxide rings is 1. The van der Waals surface area contributed by atoms with Gasteiger partial charge in [0.25, 0.3) is 0 Å². The molecule has 1 aliphatic heterocycles. The van der Waals surface area contributed by atoms with Gasteiger partial charge in [-0.25, -0.2) is 0 Å². The topological polar surface area (TPSA) is 29.6 Å². The molecule has 64 valence electrons. The minimum Gasteiger partial charge on any atom is -0.369 e. The first kappa shape index (κ1) is 6.14. The normalized spacial score (nSPS) is 65.2. The van der Waals surface area contributed by atoms with Crippen LogP contribution in [0, 0.1) is 23.7 Å². The van der Waals surface area contributed by atoms with Gasteiger partial charge in [-0.05, 0) is 30.1 Å². The molecule has 12 heavy (non-hydrogen) atoms. The largest absolute Gasteiger partial charge is 0.369 e. The summed E-state index contributed by atoms with van der Waals surface area (Å²) in [6.07, 6.45) is 4.29. The Labute approximate surface area is 71.3 Å². The number of ether oxygens (including phenoxy) is 1. The summed E-state index contributed by atoms with van der Waals surface area (Å²) in [5, 5.41) is 0. The van der Waals surface area contributed by atoms with Crippen molar-refractivity contribution >= 4 is 5.78 Å². The zero-order valence-corrected chi connectivity index (χ0v) is 6.90. The molecule has 0 aromatic rings. The smallest absolute Gasteiger partial charge is 0.133 e. The molecule has 4 fully saturated rings. The molecule has 0 aromatic heterocycles. The van der Waals surface area contributed by atoms with Crippen LogP contribution in [-0.2, 0) is 9.53 Å². The Morgan fingerprint density at radius 2 is 1.58 bits per heavy atom. The highest BCUT2D eigenvalue weighted by Crippen LogP contribution is 2.65. The maximum Gasteiger partial charge on any atom is 0.133 e. The van der Waals surface area contributed by atoms with Crippen LogP contribution in [0.3, 0.4) is 0 Å². The first-order valence-corrected chi connectivity index (χ1v) is 5.02. The number of carbonyl (C=O) groups is 1. The molecular formula is C10H12O2. The summed E-state index contributed by atoms with van der Waals surface area (Å²) in [5.41, 5.74) is 0. The number of fused-ring (bicyclic) bond motifs is 8. The van der Waals surface area contributed by atoms with E-state index in [2.05, 4.69) is 0 Å². The fourth-order valence-corrected chi connectivity index (χ4v) is 4.09. The van der Waals surface area contributed by atoms with Crippen molar-refractivity contribution in [2.75, 3.05) is 0 Å². The van der Waals surface area contributed by atoms with Gasteiger partial charge >= 0.3 is 0 Å². The van der Waals surface area contributed by atoms with E-state index in [1.165, 1.54) is 6.42 Å². The summed E-state index contributed by atoms with van der Waals surface area (Å²) in [6.45, 7) is 0. The fourth-order valence-electron chi connectivity index (χ4n) is 4.09. The maximum atomic E-state index is 11.3. The first-order chi connectivity index (χ1) is 5.84. The van der Waals surface area contributed by atoms with Crippen molar-refractivity contribution in [2.45, 2.75) is 31.5 Å². The molecule has 2 bridgehead atoms. The number of carbonyl (C=O) groups excluding carboxylic acids is 1. The van der Waals surface area contributed by atoms with E-state index in [9.17, 15) is 4.79 Å². The highest BCUT2D eigenvalue weighted by atomic mass is 16.6. The summed E-state index contributed by atoms with van der Waals surface area (Å²) < 4.78 is 5.60. The average Bonchev–Trinajstić information content (AvgIpc) is 2.48. The van der Waals surface area contributed by atoms with Gasteiger partial charge in [-0.1, -0.05) is 0 Å². The first-order valence-electron chi connectivity index (χ1n) is 5.02. The molecule has 4 rings (SSSR count). The van der Waals surface area contributed by atoms with E-state index in [1.54, 1.807) is 0 Å². The van der Waals surface area contributed by atoms with Crippen LogP contribution < -0.4 is 0 Å². The highest BCUT2D eigenvalue weighted by Gasteiger charge is 2.68. The molecule has 3 saturated carbocycles. The average molecular weight is 164 g/mol. The Bertz CT molecular complexity index is 249. The van der Waals surface area contributed by atoms with Crippen LogP contribution in [0.15, 0.2) is 0 Å². The van der Waals surface area contributed by atoms with Gasteiger partial charge in [0, 0.05) is 12.8 Å². The van der Waals surface area contributed by atoms with E-state index >= 15 is 0 Å². The summed E-state index contributed by atoms with van der Waals surface area (Å²) in [7, 11) is 0. The lowest BCUT2D eigenvalue weighted by atomic mass is 9.82. The molecule has 0 spiro atoms. The van der Waals surface area contributed by atoms with Gasteiger partial charge in [-0.2, -0.15) is 0 Å². The molecule has 1 heterocycles. The number of rotatable bonds is 0. The summed E-state index contributed by atoms with van der Waals surface area (Å²) in [4.78, 5) is 11.3. The van der Waals surface area contributed by atoms with E-state index in [0.717, 1.165) is 36.5 Å². The second-order valence-corrected chi connectivity index (χ2v) is 4.90. The van der Waals surface area contributed by atoms with Gasteiger partial charge in [0.1, 0.15) is 5.78 Å². The third-order valence-corrected chi connectivity index (χ3v) is 4.53. The predicted octanol–water partition coefficient (Wildman–Crippen LogP) is 0.999. The van der Waals surface area contributed by atoms with Gasteiger partial charge in [0.05, 0.1) is 12.2 Å². The Morgan fingerprint density at radius 1 is 1.00 bits per heavy atom. The monoisotopic (exact) mass is 164 g/mol. The quantitative estimate of drug-likeness (QED) is 0.500. The van der Waals surface area contributed by atoms with Crippen molar-refractivity contribution in [3.05, 3.63) is 0 Å². The van der Waals surface area contributed by atoms with E-state index in [1.807, 2.05) is 0 Å². The van der Waals surface area contributed by atoms with E-state index in [-0.39, 0.29) is 0 Å². The third kappa shape index (κ3) is 0.506. The van der Waals surface area contributed by atoms with Crippen molar-refractivity contribution in [1.82, 2.24) is 0 Å². The van der Waals surface area contributed by atoms with Crippen molar-refractivity contribution in [2.24, 2.45) is 23.7 Å². The van der Waals surface area contributed by atoms with Gasteiger partial charge in [-0.3, -0.25) is 4.79 Å². The summed E-state index contributed by atoms with van der Waals surface area (Å²) >= 11 is 0. The van der Waals surface area contributed by atoms with Crippen molar-refractivity contribution in [3.63, 3.8) is 0 Å². The van der Waals surface area contributed by atoms with Gasteiger partial charge in [0.2, 0.25) is 0 Å². The standard InChI is InChI=1S/C10H12O2/c11-4-1-5-6(2-4)8-3-7(5)9-10(8)12-9/h5-10H,1-3H2. The predicted molar refractivity (Wildman–Crippen MR) is 41.5 cm³/mol. The number of Topliss-reactive ketones (excluding diaryl/α,β-unsaturated/α-hetero) is 1. The van der Waals surface area contributed by atoms with Crippen LogP contribution in [0.4, 0.5) is 0 Å². The van der Waals surface area contributed by atoms with E-state index in [4.69, 9.17) is 4.74 Å². The number of ketones is 1. The highest BCUT2D eigenvalue weighted by molar-refractivity contribution is 5.81. The molecule has 6 unspecified atom stereocenters. The van der Waals surface area contributed by atoms with E-state index < -0.39 is 0 Å². The van der Waals surface area contributed by atoms with Crippen molar-refractivity contribution in [3.8, 4) is 0 Å². The lowest BCUT2D eigenvalue weighted by Gasteiger charge is -2.19. The second kappa shape index (κ2) is 1.63. The molecule has 1 saturated heterocycles. The zero-order chi connectivity index (χ0) is 7.87. The summed E-state index contributed by atoms with van der Waals surface area (Å²) in [5.74, 6) is 3.52. The Hall–Kier alpha value is -0.370. The third-order valence-electron chi connectivity index (χ3n) is 4.53. The van der Waals surface area contributed by atoms with Gasteiger partial charge in [-0.15, -0.1) is 0 Å². The molecule has 3 aliphatic carbocycles. The molecule has 2 heteroatoms. The molecule has 0 amide bonds. The molecule has 0 radical (unpaired) electrons. The molecule has 0 aromatic carbocycles. The van der Waals surface area contributed by atoms with Crippen LogP contribution >= 0.6 is 0 Å². The Morgan fingerprint density at radius 3 is 2.17 bits per heavy atom. The molecular weight excluding hydrogens is 152 g/mol. The van der Waals surface area contributed by atoms with Gasteiger partial charge in [0.15, 0.2) is 0 Å². The minimum absolute atomic E-state index is 0.515. The lowest BCUT2D eigenvalue weighted by Crippen LogP contribution is -2.22. The maximum absolute atomic E-state index is 11.3. The zero-order valence-electron chi connectivity index (χ0n) is 6.90. The Balaban J connectivity index is 1.76. The second-order valence-electron chi connectivity index (χ2n) is 4.90. The molecule has 2 nitrogen and oxygen atoms in total. The molecule has 4 aliphatic rings. The number of hydrogen-bond acceptors (Lipinski definition) is 2. The SMILES string of the molecule is O=C1CC2C(C1)C1CC2C2OC12. The Kier molecular flexibility index (Phi) is 0.831. The van der Waals surface area contributed by atoms with Crippen LogP contribution in [0.25, 0.3) is 0 Å². The van der Waals surface area contributed by atoms with Crippen molar-refractivity contribution < 1.29 is 9.53 Å². The van der Waals surface area contributed by atoms with Crippen LogP contribution in [0.1, 0.15) is 19.3 Å². The molecule has 0 N–H and O–H groups in total. The fraction of sp³-hybridized carbons (Fsp3) is 0.900. The van der Waals surface area contributed by atoms with Gasteiger partial charge < -0.3 is 4.74 Å². The number of hydrogen-bond donors (Lipinski definition) is 0. The van der Waals surface area contributed by atoms with Crippen LogP contribution in [0.5, 0.6) is 0 Å². The van der Waals surface area contributed by atoms with Crippen LogP contribution in [0.2, 0.25) is 0 Å². The molecule has 6 atom stereocenters. The summed E-state index contributed by atoms with van der Waals surface area (Å²) in [6, 6.07) is 0. The van der Waals surface area contributed by atoms with E-state index in [0.29, 0.717) is 18.0 Å².